The molecule has 0 atom stereocenters. The van der Waals surface area contributed by atoms with E-state index in [2.05, 4.69) is 5.32 Å². The van der Waals surface area contributed by atoms with Crippen LogP contribution in [-0.4, -0.2) is 50.5 Å². The first-order valence-electron chi connectivity index (χ1n) is 11.3. The highest BCUT2D eigenvalue weighted by atomic mass is 32.2. The number of carbonyl (C=O) groups excluding carboxylic acids is 3. The van der Waals surface area contributed by atoms with E-state index in [1.165, 1.54) is 11.2 Å². The lowest BCUT2D eigenvalue weighted by Crippen LogP contribution is -2.41. The quantitative estimate of drug-likeness (QED) is 0.658. The topological polar surface area (TPSA) is 104 Å². The van der Waals surface area contributed by atoms with Crippen LogP contribution in [0.3, 0.4) is 0 Å². The Morgan fingerprint density at radius 1 is 1.06 bits per heavy atom. The van der Waals surface area contributed by atoms with Crippen LogP contribution in [0.2, 0.25) is 0 Å². The number of ketones is 1. The van der Waals surface area contributed by atoms with Gasteiger partial charge in [-0.2, -0.15) is 4.31 Å². The number of sulfonamides is 1. The maximum atomic E-state index is 13.3. The van der Waals surface area contributed by atoms with Crippen LogP contribution in [0.5, 0.6) is 0 Å². The highest BCUT2D eigenvalue weighted by Crippen LogP contribution is 2.42. The molecular formula is C25H29N3O5S. The molecule has 0 radical (unpaired) electrons. The summed E-state index contributed by atoms with van der Waals surface area (Å²) in [6, 6.07) is 11.6. The molecule has 2 aromatic carbocycles. The molecule has 2 aromatic rings. The molecule has 0 aromatic heterocycles. The number of fused-ring (bicyclic) bond motifs is 1. The maximum absolute atomic E-state index is 13.3. The van der Waals surface area contributed by atoms with Crippen molar-refractivity contribution in [2.24, 2.45) is 5.92 Å². The molecule has 0 spiro atoms. The van der Waals surface area contributed by atoms with Gasteiger partial charge in [0.05, 0.1) is 10.3 Å². The predicted molar refractivity (Wildman–Crippen MR) is 129 cm³/mol. The molecule has 2 aliphatic heterocycles. The average Bonchev–Trinajstić information content (AvgIpc) is 2.99. The van der Waals surface area contributed by atoms with Crippen molar-refractivity contribution in [2.75, 3.05) is 30.4 Å². The minimum atomic E-state index is -3.76. The van der Waals surface area contributed by atoms with E-state index in [0.29, 0.717) is 29.7 Å². The Labute approximate surface area is 200 Å². The summed E-state index contributed by atoms with van der Waals surface area (Å²) in [6.07, 6.45) is 0.796. The lowest BCUT2D eigenvalue weighted by atomic mass is 9.86. The Morgan fingerprint density at radius 3 is 2.38 bits per heavy atom. The summed E-state index contributed by atoms with van der Waals surface area (Å²) < 4.78 is 28.1. The van der Waals surface area contributed by atoms with E-state index in [-0.39, 0.29) is 41.5 Å². The molecule has 8 nitrogen and oxygen atoms in total. The molecule has 2 heterocycles. The molecule has 0 bridgehead atoms. The number of likely N-dealkylation sites (N-methyl/N-ethyl adjacent to an activating group) is 1. The van der Waals surface area contributed by atoms with Crippen LogP contribution in [0, 0.1) is 5.92 Å². The Kier molecular flexibility index (Phi) is 6.12. The van der Waals surface area contributed by atoms with Gasteiger partial charge in [0.1, 0.15) is 0 Å². The molecule has 2 aliphatic rings. The summed E-state index contributed by atoms with van der Waals surface area (Å²) in [4.78, 5) is 38.6. The summed E-state index contributed by atoms with van der Waals surface area (Å²) in [5.74, 6) is -0.658. The SMILES string of the molecule is CC(=O)c1cccc(NC(=O)C2CCN(S(=O)(=O)c3ccc4c(c3)C(C)(C)C(=O)N4C)CC2)c1. The Hall–Kier alpha value is -3.04. The van der Waals surface area contributed by atoms with Crippen LogP contribution in [0.25, 0.3) is 0 Å². The van der Waals surface area contributed by atoms with E-state index in [4.69, 9.17) is 0 Å². The first-order valence-corrected chi connectivity index (χ1v) is 12.7. The number of piperidine rings is 1. The molecule has 1 N–H and O–H groups in total. The molecule has 0 unspecified atom stereocenters. The van der Waals surface area contributed by atoms with Gasteiger partial charge in [0.2, 0.25) is 21.8 Å². The fraction of sp³-hybridized carbons (Fsp3) is 0.400. The largest absolute Gasteiger partial charge is 0.326 e. The number of nitrogens with zero attached hydrogens (tertiary/aromatic N) is 2. The maximum Gasteiger partial charge on any atom is 0.243 e. The second-order valence-corrected chi connectivity index (χ2v) is 11.4. The summed E-state index contributed by atoms with van der Waals surface area (Å²) in [6.45, 7) is 5.52. The van der Waals surface area contributed by atoms with Crippen LogP contribution in [0.4, 0.5) is 11.4 Å². The van der Waals surface area contributed by atoms with Crippen molar-refractivity contribution in [3.8, 4) is 0 Å². The Bertz CT molecular complexity index is 1280. The van der Waals surface area contributed by atoms with Crippen molar-refractivity contribution in [3.63, 3.8) is 0 Å². The molecule has 180 valence electrons. The number of anilines is 2. The van der Waals surface area contributed by atoms with Gasteiger partial charge in [-0.1, -0.05) is 12.1 Å². The average molecular weight is 484 g/mol. The lowest BCUT2D eigenvalue weighted by Gasteiger charge is -2.30. The van der Waals surface area contributed by atoms with Crippen molar-refractivity contribution < 1.29 is 22.8 Å². The minimum absolute atomic E-state index is 0.0716. The molecule has 0 saturated carbocycles. The van der Waals surface area contributed by atoms with Crippen LogP contribution >= 0.6 is 0 Å². The molecule has 2 amide bonds. The Morgan fingerprint density at radius 2 is 1.74 bits per heavy atom. The van der Waals surface area contributed by atoms with Crippen molar-refractivity contribution in [3.05, 3.63) is 53.6 Å². The van der Waals surface area contributed by atoms with Crippen molar-refractivity contribution in [2.45, 2.75) is 43.9 Å². The highest BCUT2D eigenvalue weighted by molar-refractivity contribution is 7.89. The molecule has 0 aliphatic carbocycles. The zero-order valence-electron chi connectivity index (χ0n) is 19.8. The second kappa shape index (κ2) is 8.63. The third-order valence-electron chi connectivity index (χ3n) is 6.84. The number of hydrogen-bond acceptors (Lipinski definition) is 5. The van der Waals surface area contributed by atoms with Gasteiger partial charge < -0.3 is 10.2 Å². The standard InChI is InChI=1S/C25H29N3O5S/c1-16(29)18-6-5-7-19(14-18)26-23(30)17-10-12-28(13-11-17)34(32,33)20-8-9-22-21(15-20)25(2,3)24(31)27(22)4/h5-9,14-15,17H,10-13H2,1-4H3,(H,26,30). The molecule has 9 heteroatoms. The number of rotatable bonds is 5. The zero-order chi connectivity index (χ0) is 24.8. The van der Waals surface area contributed by atoms with E-state index >= 15 is 0 Å². The van der Waals surface area contributed by atoms with Gasteiger partial charge >= 0.3 is 0 Å². The van der Waals surface area contributed by atoms with E-state index in [1.807, 2.05) is 0 Å². The minimum Gasteiger partial charge on any atom is -0.326 e. The number of Topliss-reactive ketones (excluding diaryl/α,β-unsaturated/α-hetero) is 1. The Balaban J connectivity index is 1.45. The smallest absolute Gasteiger partial charge is 0.243 e. The monoisotopic (exact) mass is 483 g/mol. The van der Waals surface area contributed by atoms with Gasteiger partial charge in [-0.25, -0.2) is 8.42 Å². The molecular weight excluding hydrogens is 454 g/mol. The zero-order valence-corrected chi connectivity index (χ0v) is 20.6. The molecule has 4 rings (SSSR count). The highest BCUT2D eigenvalue weighted by Gasteiger charge is 2.43. The third kappa shape index (κ3) is 4.14. The van der Waals surface area contributed by atoms with Crippen molar-refractivity contribution in [1.29, 1.82) is 0 Å². The van der Waals surface area contributed by atoms with Gasteiger partial charge in [-0.15, -0.1) is 0 Å². The normalized spacial score (nSPS) is 18.6. The fourth-order valence-electron chi connectivity index (χ4n) is 4.68. The van der Waals surface area contributed by atoms with Gasteiger partial charge in [0.15, 0.2) is 5.78 Å². The van der Waals surface area contributed by atoms with Gasteiger partial charge in [0, 0.05) is 43.0 Å². The van der Waals surface area contributed by atoms with Crippen molar-refractivity contribution >= 4 is 39.0 Å². The third-order valence-corrected chi connectivity index (χ3v) is 8.74. The fourth-order valence-corrected chi connectivity index (χ4v) is 6.18. The lowest BCUT2D eigenvalue weighted by molar-refractivity contribution is -0.122. The van der Waals surface area contributed by atoms with Gasteiger partial charge in [-0.3, -0.25) is 14.4 Å². The van der Waals surface area contributed by atoms with Crippen LogP contribution in [0.15, 0.2) is 47.4 Å². The number of nitrogens with one attached hydrogen (secondary N) is 1. The number of benzene rings is 2. The van der Waals surface area contributed by atoms with Crippen LogP contribution in [0.1, 0.15) is 49.5 Å². The summed E-state index contributed by atoms with van der Waals surface area (Å²) in [5.41, 5.74) is 1.69. The number of hydrogen-bond donors (Lipinski definition) is 1. The summed E-state index contributed by atoms with van der Waals surface area (Å²) in [7, 11) is -2.07. The van der Waals surface area contributed by atoms with E-state index in [9.17, 15) is 22.8 Å². The van der Waals surface area contributed by atoms with Crippen molar-refractivity contribution in [1.82, 2.24) is 4.31 Å². The molecule has 34 heavy (non-hydrogen) atoms. The van der Waals surface area contributed by atoms with Gasteiger partial charge in [-0.05, 0) is 69.5 Å². The summed E-state index contributed by atoms with van der Waals surface area (Å²) in [5, 5.41) is 2.84. The molecule has 1 fully saturated rings. The second-order valence-electron chi connectivity index (χ2n) is 9.47. The van der Waals surface area contributed by atoms with Crippen LogP contribution < -0.4 is 10.2 Å². The molecule has 1 saturated heterocycles. The number of amides is 2. The predicted octanol–water partition coefficient (Wildman–Crippen LogP) is 3.18. The summed E-state index contributed by atoms with van der Waals surface area (Å²) >= 11 is 0. The first-order chi connectivity index (χ1) is 15.9. The first kappa shape index (κ1) is 24.1. The van der Waals surface area contributed by atoms with E-state index in [0.717, 1.165) is 5.69 Å². The van der Waals surface area contributed by atoms with E-state index < -0.39 is 15.4 Å². The van der Waals surface area contributed by atoms with Crippen LogP contribution in [-0.2, 0) is 25.0 Å². The number of carbonyl (C=O) groups is 3. The van der Waals surface area contributed by atoms with Gasteiger partial charge in [0.25, 0.3) is 0 Å². The van der Waals surface area contributed by atoms with E-state index in [1.54, 1.807) is 68.3 Å².